The quantitative estimate of drug-likeness (QED) is 0.830. The van der Waals surface area contributed by atoms with Crippen molar-refractivity contribution in [2.24, 2.45) is 0 Å². The molecular formula is C14H15FN2O5S. The summed E-state index contributed by atoms with van der Waals surface area (Å²) in [5.74, 6) is -1.07. The molecule has 7 nitrogen and oxygen atoms in total. The van der Waals surface area contributed by atoms with Crippen molar-refractivity contribution in [2.75, 3.05) is 6.61 Å². The molecule has 1 fully saturated rings. The largest absolute Gasteiger partial charge is 0.394 e. The predicted molar refractivity (Wildman–Crippen MR) is 79.8 cm³/mol. The lowest BCUT2D eigenvalue weighted by molar-refractivity contribution is -0.0659. The van der Waals surface area contributed by atoms with E-state index in [1.807, 2.05) is 21.8 Å². The highest BCUT2D eigenvalue weighted by molar-refractivity contribution is 7.07. The first-order valence-corrected chi connectivity index (χ1v) is 7.92. The highest BCUT2D eigenvalue weighted by atomic mass is 32.1. The van der Waals surface area contributed by atoms with E-state index in [1.54, 1.807) is 11.3 Å². The standard InChI is InChI=1S/C14H15FN2O5S/c15-9-4-17(14(20)16-13(9)19)12-3-10(11(5-18)22-12)21-6-8-1-2-23-7-8/h1-2,4,7,10-12,18H,3,5-6H2,(H,16,19,20)/t10-,11+,12+/m0/s1. The highest BCUT2D eigenvalue weighted by Crippen LogP contribution is 2.30. The molecule has 0 aliphatic carbocycles. The Morgan fingerprint density at radius 2 is 2.35 bits per heavy atom. The maximum Gasteiger partial charge on any atom is 0.330 e. The van der Waals surface area contributed by atoms with Gasteiger partial charge >= 0.3 is 5.69 Å². The molecule has 1 saturated heterocycles. The number of H-pyrrole nitrogens is 1. The first-order chi connectivity index (χ1) is 11.1. The number of hydrogen-bond acceptors (Lipinski definition) is 6. The molecule has 2 aromatic heterocycles. The minimum atomic E-state index is -1.08. The van der Waals surface area contributed by atoms with Crippen molar-refractivity contribution in [3.05, 3.63) is 55.2 Å². The number of hydrogen-bond donors (Lipinski definition) is 2. The number of aliphatic hydroxyl groups is 1. The Hall–Kier alpha value is -1.81. The summed E-state index contributed by atoms with van der Waals surface area (Å²) < 4.78 is 25.6. The van der Waals surface area contributed by atoms with Gasteiger partial charge in [0.25, 0.3) is 5.56 Å². The van der Waals surface area contributed by atoms with Crippen LogP contribution in [0, 0.1) is 5.82 Å². The summed E-state index contributed by atoms with van der Waals surface area (Å²) in [6.07, 6.45) is -0.798. The van der Waals surface area contributed by atoms with Crippen LogP contribution in [-0.4, -0.2) is 33.5 Å². The fraction of sp³-hybridized carbons (Fsp3) is 0.429. The van der Waals surface area contributed by atoms with E-state index in [-0.39, 0.29) is 13.0 Å². The zero-order chi connectivity index (χ0) is 16.4. The fourth-order valence-corrected chi connectivity index (χ4v) is 3.12. The summed E-state index contributed by atoms with van der Waals surface area (Å²) in [7, 11) is 0. The molecule has 0 unspecified atom stereocenters. The van der Waals surface area contributed by atoms with Crippen LogP contribution in [0.4, 0.5) is 4.39 Å². The normalized spacial score (nSPS) is 24.2. The number of thiophene rings is 1. The maximum atomic E-state index is 13.4. The van der Waals surface area contributed by atoms with E-state index in [4.69, 9.17) is 9.47 Å². The van der Waals surface area contributed by atoms with Gasteiger partial charge in [-0.3, -0.25) is 14.3 Å². The molecule has 124 valence electrons. The SMILES string of the molecule is O=c1[nH]c(=O)n([C@H]2C[C@H](OCc3ccsc3)[C@@H](CO)O2)cc1F. The van der Waals surface area contributed by atoms with Crippen molar-refractivity contribution < 1.29 is 19.0 Å². The second kappa shape index (κ2) is 6.75. The summed E-state index contributed by atoms with van der Waals surface area (Å²) in [5, 5.41) is 13.3. The molecule has 1 aliphatic rings. The number of rotatable bonds is 5. The van der Waals surface area contributed by atoms with Gasteiger partial charge < -0.3 is 14.6 Å². The van der Waals surface area contributed by atoms with E-state index >= 15 is 0 Å². The first kappa shape index (κ1) is 16.1. The molecule has 23 heavy (non-hydrogen) atoms. The van der Waals surface area contributed by atoms with Gasteiger partial charge in [-0.15, -0.1) is 0 Å². The molecule has 3 atom stereocenters. The average molecular weight is 342 g/mol. The second-order valence-electron chi connectivity index (χ2n) is 5.17. The third-order valence-electron chi connectivity index (χ3n) is 3.64. The molecule has 3 rings (SSSR count). The highest BCUT2D eigenvalue weighted by Gasteiger charge is 2.37. The van der Waals surface area contributed by atoms with Crippen LogP contribution in [0.5, 0.6) is 0 Å². The molecule has 0 saturated carbocycles. The molecule has 2 aromatic rings. The number of nitrogens with zero attached hydrogens (tertiary/aromatic N) is 1. The smallest absolute Gasteiger partial charge is 0.330 e. The summed E-state index contributed by atoms with van der Waals surface area (Å²) in [5.41, 5.74) is -0.841. The van der Waals surface area contributed by atoms with Crippen LogP contribution in [0.3, 0.4) is 0 Å². The summed E-state index contributed by atoms with van der Waals surface area (Å²) in [6, 6.07) is 1.92. The molecule has 0 amide bonds. The lowest BCUT2D eigenvalue weighted by atomic mass is 10.2. The van der Waals surface area contributed by atoms with E-state index in [9.17, 15) is 19.1 Å². The van der Waals surface area contributed by atoms with E-state index in [1.165, 1.54) is 0 Å². The van der Waals surface area contributed by atoms with E-state index in [0.29, 0.717) is 6.61 Å². The van der Waals surface area contributed by atoms with Crippen molar-refractivity contribution >= 4 is 11.3 Å². The predicted octanol–water partition coefficient (Wildman–Crippen LogP) is 0.602. The van der Waals surface area contributed by atoms with Gasteiger partial charge in [-0.25, -0.2) is 4.79 Å². The van der Waals surface area contributed by atoms with Crippen LogP contribution in [0.15, 0.2) is 32.6 Å². The molecule has 0 aromatic carbocycles. The number of ether oxygens (including phenoxy) is 2. The lowest BCUT2D eigenvalue weighted by Crippen LogP contribution is -2.34. The van der Waals surface area contributed by atoms with Crippen molar-refractivity contribution in [1.29, 1.82) is 0 Å². The van der Waals surface area contributed by atoms with Crippen LogP contribution in [0.25, 0.3) is 0 Å². The first-order valence-electron chi connectivity index (χ1n) is 6.98. The topological polar surface area (TPSA) is 93.6 Å². The molecule has 0 radical (unpaired) electrons. The van der Waals surface area contributed by atoms with Gasteiger partial charge in [0.2, 0.25) is 5.82 Å². The number of halogens is 1. The Morgan fingerprint density at radius 1 is 1.52 bits per heavy atom. The Kier molecular flexibility index (Phi) is 4.71. The van der Waals surface area contributed by atoms with Crippen molar-refractivity contribution in [3.8, 4) is 0 Å². The number of aliphatic hydroxyl groups excluding tert-OH is 1. The van der Waals surface area contributed by atoms with Gasteiger partial charge in [0.15, 0.2) is 0 Å². The summed E-state index contributed by atoms with van der Waals surface area (Å²) in [6.45, 7) is 0.0705. The number of aromatic amines is 1. The van der Waals surface area contributed by atoms with Crippen LogP contribution < -0.4 is 11.2 Å². The van der Waals surface area contributed by atoms with Crippen LogP contribution in [0.1, 0.15) is 18.2 Å². The zero-order valence-electron chi connectivity index (χ0n) is 12.0. The van der Waals surface area contributed by atoms with Crippen LogP contribution in [0.2, 0.25) is 0 Å². The van der Waals surface area contributed by atoms with Gasteiger partial charge in [0.05, 0.1) is 25.5 Å². The Morgan fingerprint density at radius 3 is 3.04 bits per heavy atom. The van der Waals surface area contributed by atoms with Crippen molar-refractivity contribution in [1.82, 2.24) is 9.55 Å². The molecule has 1 aliphatic heterocycles. The fourth-order valence-electron chi connectivity index (χ4n) is 2.46. The maximum absolute atomic E-state index is 13.4. The monoisotopic (exact) mass is 342 g/mol. The Balaban J connectivity index is 1.74. The van der Waals surface area contributed by atoms with Crippen LogP contribution >= 0.6 is 11.3 Å². The molecular weight excluding hydrogens is 327 g/mol. The van der Waals surface area contributed by atoms with E-state index in [0.717, 1.165) is 16.3 Å². The molecule has 0 spiro atoms. The molecule has 9 heteroatoms. The third kappa shape index (κ3) is 3.42. The number of aromatic nitrogens is 2. The zero-order valence-corrected chi connectivity index (χ0v) is 12.8. The van der Waals surface area contributed by atoms with Crippen molar-refractivity contribution in [3.63, 3.8) is 0 Å². The minimum Gasteiger partial charge on any atom is -0.394 e. The lowest BCUT2D eigenvalue weighted by Gasteiger charge is -2.16. The van der Waals surface area contributed by atoms with Gasteiger partial charge in [-0.2, -0.15) is 15.7 Å². The molecule has 3 heterocycles. The summed E-state index contributed by atoms with van der Waals surface area (Å²) >= 11 is 1.55. The Labute approximate surface area is 133 Å². The van der Waals surface area contributed by atoms with Crippen molar-refractivity contribution in [2.45, 2.75) is 31.5 Å². The average Bonchev–Trinajstić information content (AvgIpc) is 3.17. The van der Waals surface area contributed by atoms with Gasteiger partial charge in [0, 0.05) is 6.42 Å². The second-order valence-corrected chi connectivity index (χ2v) is 5.95. The van der Waals surface area contributed by atoms with E-state index < -0.39 is 35.5 Å². The van der Waals surface area contributed by atoms with Gasteiger partial charge in [0.1, 0.15) is 12.3 Å². The molecule has 2 N–H and O–H groups in total. The third-order valence-corrected chi connectivity index (χ3v) is 4.37. The summed E-state index contributed by atoms with van der Waals surface area (Å²) in [4.78, 5) is 24.7. The minimum absolute atomic E-state index is 0.265. The van der Waals surface area contributed by atoms with E-state index in [2.05, 4.69) is 0 Å². The van der Waals surface area contributed by atoms with Gasteiger partial charge in [-0.1, -0.05) is 0 Å². The van der Waals surface area contributed by atoms with Crippen LogP contribution in [-0.2, 0) is 16.1 Å². The van der Waals surface area contributed by atoms with Gasteiger partial charge in [-0.05, 0) is 22.4 Å². The Bertz CT molecular complexity index is 772. The molecule has 0 bridgehead atoms. The number of nitrogens with one attached hydrogen (secondary N) is 1.